The zero-order valence-electron chi connectivity index (χ0n) is 13.9. The van der Waals surface area contributed by atoms with E-state index in [9.17, 15) is 4.79 Å². The Morgan fingerprint density at radius 3 is 2.80 bits per heavy atom. The molecule has 2 aromatic rings. The van der Waals surface area contributed by atoms with E-state index in [1.165, 1.54) is 0 Å². The monoisotopic (exact) mass is 337 g/mol. The fraction of sp³-hybridized carbons (Fsp3) is 0.158. The first-order valence-electron chi connectivity index (χ1n) is 7.90. The molecule has 128 valence electrons. The molecule has 1 heterocycles. The Hall–Kier alpha value is -3.28. The molecule has 0 atom stereocenters. The molecule has 2 aromatic carbocycles. The summed E-state index contributed by atoms with van der Waals surface area (Å²) in [5, 5.41) is 7.08. The van der Waals surface area contributed by atoms with Gasteiger partial charge in [-0.25, -0.2) is 5.43 Å². The maximum atomic E-state index is 11.8. The average Bonchev–Trinajstić information content (AvgIpc) is 3.11. The number of hydrogen-bond donors (Lipinski definition) is 2. The minimum absolute atomic E-state index is 0.159. The van der Waals surface area contributed by atoms with Crippen LogP contribution >= 0.6 is 0 Å². The summed E-state index contributed by atoms with van der Waals surface area (Å²) >= 11 is 0. The number of hydrogen-bond acceptors (Lipinski definition) is 5. The van der Waals surface area contributed by atoms with E-state index in [4.69, 9.17) is 9.47 Å². The van der Waals surface area contributed by atoms with E-state index < -0.39 is 0 Å². The number of carbonyl (C=O) groups is 1. The predicted molar refractivity (Wildman–Crippen MR) is 97.8 cm³/mol. The van der Waals surface area contributed by atoms with Gasteiger partial charge in [-0.1, -0.05) is 30.3 Å². The molecular weight excluding hydrogens is 318 g/mol. The minimum atomic E-state index is -0.209. The maximum absolute atomic E-state index is 11.8. The van der Waals surface area contributed by atoms with Crippen molar-refractivity contribution in [3.8, 4) is 11.5 Å². The molecule has 6 heteroatoms. The van der Waals surface area contributed by atoms with E-state index in [1.54, 1.807) is 0 Å². The highest BCUT2D eigenvalue weighted by atomic mass is 16.7. The van der Waals surface area contributed by atoms with Crippen molar-refractivity contribution in [3.63, 3.8) is 0 Å². The first kappa shape index (κ1) is 16.6. The zero-order valence-corrected chi connectivity index (χ0v) is 13.9. The van der Waals surface area contributed by atoms with Crippen molar-refractivity contribution in [2.45, 2.75) is 6.92 Å². The molecular formula is C19H19N3O3. The van der Waals surface area contributed by atoms with Crippen LogP contribution in [0.25, 0.3) is 6.08 Å². The lowest BCUT2D eigenvalue weighted by molar-refractivity contribution is -0.119. The Balaban J connectivity index is 1.48. The predicted octanol–water partition coefficient (Wildman–Crippen LogP) is 3.03. The van der Waals surface area contributed by atoms with Crippen LogP contribution in [-0.2, 0) is 4.79 Å². The van der Waals surface area contributed by atoms with Crippen molar-refractivity contribution in [3.05, 3.63) is 60.2 Å². The lowest BCUT2D eigenvalue weighted by atomic mass is 10.2. The Bertz CT molecular complexity index is 801. The first-order valence-corrected chi connectivity index (χ1v) is 7.90. The summed E-state index contributed by atoms with van der Waals surface area (Å²) in [6.07, 6.45) is 3.72. The van der Waals surface area contributed by atoms with Crippen molar-refractivity contribution in [2.24, 2.45) is 5.10 Å². The topological polar surface area (TPSA) is 72.0 Å². The second-order valence-electron chi connectivity index (χ2n) is 5.45. The van der Waals surface area contributed by atoms with Gasteiger partial charge in [0.1, 0.15) is 0 Å². The number of nitrogens with one attached hydrogen (secondary N) is 2. The van der Waals surface area contributed by atoms with E-state index in [1.807, 2.05) is 67.6 Å². The van der Waals surface area contributed by atoms with Crippen LogP contribution in [0.4, 0.5) is 5.69 Å². The van der Waals surface area contributed by atoms with Crippen molar-refractivity contribution < 1.29 is 14.3 Å². The molecule has 6 nitrogen and oxygen atoms in total. The Kier molecular flexibility index (Phi) is 5.31. The number of benzene rings is 2. The van der Waals surface area contributed by atoms with Crippen LogP contribution in [0, 0.1) is 0 Å². The summed E-state index contributed by atoms with van der Waals surface area (Å²) in [6.45, 7) is 2.23. The van der Waals surface area contributed by atoms with Crippen molar-refractivity contribution >= 4 is 23.4 Å². The molecule has 0 bridgehead atoms. The summed E-state index contributed by atoms with van der Waals surface area (Å²) in [4.78, 5) is 11.8. The van der Waals surface area contributed by atoms with Crippen molar-refractivity contribution in [1.82, 2.24) is 5.43 Å². The van der Waals surface area contributed by atoms with Crippen LogP contribution in [-0.4, -0.2) is 25.0 Å². The highest BCUT2D eigenvalue weighted by Gasteiger charge is 2.12. The number of anilines is 1. The minimum Gasteiger partial charge on any atom is -0.454 e. The highest BCUT2D eigenvalue weighted by Crippen LogP contribution is 2.32. The van der Waals surface area contributed by atoms with Gasteiger partial charge in [0.05, 0.1) is 12.3 Å². The molecule has 1 amide bonds. The standard InChI is InChI=1S/C19H19N3O3/c1-14(7-8-15-9-10-17-18(11-15)25-13-24-17)21-22-19(23)12-20-16-5-3-2-4-6-16/h2-11,20H,12-13H2,1H3,(H,22,23)/b8-7+,21-14+. The molecule has 0 unspecified atom stereocenters. The summed E-state index contributed by atoms with van der Waals surface area (Å²) in [5.74, 6) is 1.28. The average molecular weight is 337 g/mol. The fourth-order valence-electron chi connectivity index (χ4n) is 2.20. The van der Waals surface area contributed by atoms with E-state index in [2.05, 4.69) is 15.8 Å². The first-order chi connectivity index (χ1) is 12.2. The number of hydrazone groups is 1. The number of carbonyl (C=O) groups excluding carboxylic acids is 1. The Morgan fingerprint density at radius 1 is 1.16 bits per heavy atom. The number of fused-ring (bicyclic) bond motifs is 1. The molecule has 0 aliphatic carbocycles. The highest BCUT2D eigenvalue weighted by molar-refractivity contribution is 5.97. The lowest BCUT2D eigenvalue weighted by Crippen LogP contribution is -2.26. The molecule has 0 aromatic heterocycles. The van der Waals surface area contributed by atoms with Crippen molar-refractivity contribution in [1.29, 1.82) is 0 Å². The molecule has 0 fully saturated rings. The van der Waals surface area contributed by atoms with E-state index >= 15 is 0 Å². The molecule has 1 aliphatic rings. The van der Waals surface area contributed by atoms with Crippen LogP contribution in [0.3, 0.4) is 0 Å². The lowest BCUT2D eigenvalue weighted by Gasteiger charge is -2.04. The van der Waals surface area contributed by atoms with Crippen LogP contribution < -0.4 is 20.2 Å². The van der Waals surface area contributed by atoms with Gasteiger partial charge >= 0.3 is 0 Å². The zero-order chi connectivity index (χ0) is 17.5. The number of ether oxygens (including phenoxy) is 2. The third kappa shape index (κ3) is 4.84. The van der Waals surface area contributed by atoms with Crippen LogP contribution in [0.15, 0.2) is 59.7 Å². The van der Waals surface area contributed by atoms with Gasteiger partial charge in [-0.3, -0.25) is 4.79 Å². The number of allylic oxidation sites excluding steroid dienone is 1. The number of para-hydroxylation sites is 1. The quantitative estimate of drug-likeness (QED) is 0.628. The Labute approximate surface area is 146 Å². The van der Waals surface area contributed by atoms with Gasteiger partial charge in [-0.2, -0.15) is 5.10 Å². The van der Waals surface area contributed by atoms with Crippen LogP contribution in [0.2, 0.25) is 0 Å². The molecule has 0 saturated heterocycles. The molecule has 1 aliphatic heterocycles. The van der Waals surface area contributed by atoms with Crippen LogP contribution in [0.1, 0.15) is 12.5 Å². The smallest absolute Gasteiger partial charge is 0.259 e. The van der Waals surface area contributed by atoms with Crippen molar-refractivity contribution in [2.75, 3.05) is 18.7 Å². The summed E-state index contributed by atoms with van der Waals surface area (Å²) < 4.78 is 10.6. The summed E-state index contributed by atoms with van der Waals surface area (Å²) in [6, 6.07) is 15.2. The normalized spacial score (nSPS) is 13.1. The molecule has 25 heavy (non-hydrogen) atoms. The van der Waals surface area contributed by atoms with Gasteiger partial charge in [-0.05, 0) is 42.8 Å². The van der Waals surface area contributed by atoms with Gasteiger partial charge in [-0.15, -0.1) is 0 Å². The second-order valence-corrected chi connectivity index (χ2v) is 5.45. The van der Waals surface area contributed by atoms with Gasteiger partial charge in [0.2, 0.25) is 6.79 Å². The van der Waals surface area contributed by atoms with Gasteiger partial charge in [0.25, 0.3) is 5.91 Å². The number of amides is 1. The van der Waals surface area contributed by atoms with Gasteiger partial charge < -0.3 is 14.8 Å². The van der Waals surface area contributed by atoms with E-state index in [-0.39, 0.29) is 19.2 Å². The van der Waals surface area contributed by atoms with E-state index in [0.29, 0.717) is 5.71 Å². The third-order valence-corrected chi connectivity index (χ3v) is 3.50. The van der Waals surface area contributed by atoms with Gasteiger partial charge in [0, 0.05) is 5.69 Å². The summed E-state index contributed by atoms with van der Waals surface area (Å²) in [5.41, 5.74) is 5.07. The third-order valence-electron chi connectivity index (χ3n) is 3.50. The van der Waals surface area contributed by atoms with E-state index in [0.717, 1.165) is 22.7 Å². The van der Waals surface area contributed by atoms with Gasteiger partial charge in [0.15, 0.2) is 11.5 Å². The van der Waals surface area contributed by atoms with Crippen LogP contribution in [0.5, 0.6) is 11.5 Å². The molecule has 0 radical (unpaired) electrons. The summed E-state index contributed by atoms with van der Waals surface area (Å²) in [7, 11) is 0. The fourth-order valence-corrected chi connectivity index (χ4v) is 2.20. The molecule has 2 N–H and O–H groups in total. The molecule has 0 spiro atoms. The second kappa shape index (κ2) is 8.01. The molecule has 0 saturated carbocycles. The molecule has 3 rings (SSSR count). The maximum Gasteiger partial charge on any atom is 0.259 e. The Morgan fingerprint density at radius 2 is 1.96 bits per heavy atom. The number of rotatable bonds is 6. The number of nitrogens with zero attached hydrogens (tertiary/aromatic N) is 1. The SMILES string of the molecule is CC(/C=C/c1ccc2c(c1)OCO2)=N\NC(=O)CNc1ccccc1. The largest absolute Gasteiger partial charge is 0.454 e.